The number of fused-ring (bicyclic) bond motifs is 1. The van der Waals surface area contributed by atoms with E-state index < -0.39 is 0 Å². The van der Waals surface area contributed by atoms with Crippen molar-refractivity contribution in [2.45, 2.75) is 44.7 Å². The van der Waals surface area contributed by atoms with Crippen molar-refractivity contribution in [2.75, 3.05) is 0 Å². The summed E-state index contributed by atoms with van der Waals surface area (Å²) in [5.74, 6) is 0. The van der Waals surface area contributed by atoms with E-state index in [4.69, 9.17) is 0 Å². The van der Waals surface area contributed by atoms with Gasteiger partial charge in [-0.3, -0.25) is 0 Å². The number of nitrogens with one attached hydrogen (secondary N) is 1. The highest BCUT2D eigenvalue weighted by molar-refractivity contribution is 5.97. The highest BCUT2D eigenvalue weighted by Gasteiger charge is 2.14. The molecule has 0 unspecified atom stereocenters. The molecule has 1 N–H and O–H groups in total. The lowest BCUT2D eigenvalue weighted by atomic mass is 9.93. The molecule has 0 bridgehead atoms. The summed E-state index contributed by atoms with van der Waals surface area (Å²) in [7, 11) is 0. The minimum absolute atomic E-state index is 0.639. The van der Waals surface area contributed by atoms with Crippen molar-refractivity contribution in [3.8, 4) is 17.2 Å². The Balaban J connectivity index is 1.67. The predicted molar refractivity (Wildman–Crippen MR) is 108 cm³/mol. The second-order valence-corrected chi connectivity index (χ2v) is 7.23. The molecule has 2 nitrogen and oxygen atoms in total. The van der Waals surface area contributed by atoms with E-state index >= 15 is 0 Å². The van der Waals surface area contributed by atoms with Gasteiger partial charge in [-0.2, -0.15) is 5.26 Å². The summed E-state index contributed by atoms with van der Waals surface area (Å²) in [5.41, 5.74) is 4.16. The van der Waals surface area contributed by atoms with Gasteiger partial charge in [-0.1, -0.05) is 67.8 Å². The zero-order valence-electron chi connectivity index (χ0n) is 15.0. The van der Waals surface area contributed by atoms with Crippen LogP contribution in [0.3, 0.4) is 0 Å². The van der Waals surface area contributed by atoms with Crippen LogP contribution >= 0.6 is 0 Å². The zero-order valence-corrected chi connectivity index (χ0v) is 15.0. The van der Waals surface area contributed by atoms with Gasteiger partial charge in [0.2, 0.25) is 0 Å². The highest BCUT2D eigenvalue weighted by atomic mass is 14.9. The molecule has 26 heavy (non-hydrogen) atoms. The summed E-state index contributed by atoms with van der Waals surface area (Å²) in [4.78, 5) is 0. The molecule has 0 atom stereocenters. The standard InChI is InChI=1S/C24H24N2/c25-16-20-14-13-18(17-26-21-9-2-1-3-10-21)15-24(20)23-12-6-8-19-7-4-5-11-22(19)23/h4-8,11-15,21,26H,1-3,9-10,17H2. The normalized spacial score (nSPS) is 15.0. The molecule has 0 amide bonds. The van der Waals surface area contributed by atoms with E-state index in [0.717, 1.165) is 23.2 Å². The molecule has 0 aromatic heterocycles. The van der Waals surface area contributed by atoms with Crippen LogP contribution in [-0.4, -0.2) is 6.04 Å². The maximum atomic E-state index is 9.61. The second kappa shape index (κ2) is 7.72. The van der Waals surface area contributed by atoms with Gasteiger partial charge in [0.1, 0.15) is 0 Å². The molecule has 130 valence electrons. The molecule has 3 aromatic rings. The first-order valence-corrected chi connectivity index (χ1v) is 9.60. The third kappa shape index (κ3) is 3.49. The Morgan fingerprint density at radius 2 is 1.69 bits per heavy atom. The average Bonchev–Trinajstić information content (AvgIpc) is 2.72. The summed E-state index contributed by atoms with van der Waals surface area (Å²) in [5, 5.41) is 15.7. The van der Waals surface area contributed by atoms with Crippen molar-refractivity contribution in [1.82, 2.24) is 5.32 Å². The Morgan fingerprint density at radius 1 is 0.885 bits per heavy atom. The van der Waals surface area contributed by atoms with E-state index in [2.05, 4.69) is 66.0 Å². The van der Waals surface area contributed by atoms with E-state index in [1.807, 2.05) is 6.07 Å². The van der Waals surface area contributed by atoms with E-state index in [9.17, 15) is 5.26 Å². The molecule has 3 aromatic carbocycles. The van der Waals surface area contributed by atoms with Crippen LogP contribution in [0.4, 0.5) is 0 Å². The third-order valence-corrected chi connectivity index (χ3v) is 5.48. The monoisotopic (exact) mass is 340 g/mol. The minimum Gasteiger partial charge on any atom is -0.310 e. The van der Waals surface area contributed by atoms with Crippen LogP contribution < -0.4 is 5.32 Å². The molecule has 0 saturated heterocycles. The summed E-state index contributed by atoms with van der Waals surface area (Å²) < 4.78 is 0. The first-order valence-electron chi connectivity index (χ1n) is 9.60. The van der Waals surface area contributed by atoms with Gasteiger partial charge in [0, 0.05) is 18.2 Å². The van der Waals surface area contributed by atoms with E-state index in [1.165, 1.54) is 48.4 Å². The fourth-order valence-corrected chi connectivity index (χ4v) is 4.05. The molecule has 0 spiro atoms. The van der Waals surface area contributed by atoms with Gasteiger partial charge in [0.05, 0.1) is 11.6 Å². The lowest BCUT2D eigenvalue weighted by Crippen LogP contribution is -2.30. The fourth-order valence-electron chi connectivity index (χ4n) is 4.05. The van der Waals surface area contributed by atoms with E-state index in [0.29, 0.717) is 6.04 Å². The van der Waals surface area contributed by atoms with Gasteiger partial charge >= 0.3 is 0 Å². The lowest BCUT2D eigenvalue weighted by Gasteiger charge is -2.23. The Kier molecular flexibility index (Phi) is 5.00. The topological polar surface area (TPSA) is 35.8 Å². The summed E-state index contributed by atoms with van der Waals surface area (Å²) >= 11 is 0. The minimum atomic E-state index is 0.639. The van der Waals surface area contributed by atoms with Crippen molar-refractivity contribution in [3.05, 3.63) is 71.8 Å². The Bertz CT molecular complexity index is 941. The number of hydrogen-bond donors (Lipinski definition) is 1. The Labute approximate surface area is 155 Å². The summed E-state index contributed by atoms with van der Waals surface area (Å²) in [6.45, 7) is 0.869. The Morgan fingerprint density at radius 3 is 2.54 bits per heavy atom. The van der Waals surface area contributed by atoms with Gasteiger partial charge in [-0.25, -0.2) is 0 Å². The predicted octanol–water partition coefficient (Wildman–Crippen LogP) is 5.80. The molecule has 1 aliphatic rings. The van der Waals surface area contributed by atoms with Crippen LogP contribution in [0.1, 0.15) is 43.2 Å². The van der Waals surface area contributed by atoms with Crippen molar-refractivity contribution >= 4 is 10.8 Å². The lowest BCUT2D eigenvalue weighted by molar-refractivity contribution is 0.372. The largest absolute Gasteiger partial charge is 0.310 e. The number of rotatable bonds is 4. The summed E-state index contributed by atoms with van der Waals surface area (Å²) in [6.07, 6.45) is 6.62. The SMILES string of the molecule is N#Cc1ccc(CNC2CCCCC2)cc1-c1cccc2ccccc12. The molecule has 1 aliphatic carbocycles. The first-order chi connectivity index (χ1) is 12.8. The van der Waals surface area contributed by atoms with Crippen molar-refractivity contribution < 1.29 is 0 Å². The van der Waals surface area contributed by atoms with Crippen LogP contribution in [-0.2, 0) is 6.54 Å². The van der Waals surface area contributed by atoms with Crippen LogP contribution in [0.25, 0.3) is 21.9 Å². The number of hydrogen-bond acceptors (Lipinski definition) is 2. The van der Waals surface area contributed by atoms with Gasteiger partial charge in [0.15, 0.2) is 0 Å². The zero-order chi connectivity index (χ0) is 17.8. The average molecular weight is 340 g/mol. The van der Waals surface area contributed by atoms with Gasteiger partial charge in [0.25, 0.3) is 0 Å². The molecule has 4 rings (SSSR count). The highest BCUT2D eigenvalue weighted by Crippen LogP contribution is 2.31. The maximum absolute atomic E-state index is 9.61. The third-order valence-electron chi connectivity index (χ3n) is 5.48. The number of nitrogens with zero attached hydrogens (tertiary/aromatic N) is 1. The number of benzene rings is 3. The van der Waals surface area contributed by atoms with Crippen LogP contribution in [0.15, 0.2) is 60.7 Å². The van der Waals surface area contributed by atoms with E-state index in [1.54, 1.807) is 0 Å². The van der Waals surface area contributed by atoms with Crippen LogP contribution in [0.5, 0.6) is 0 Å². The molecule has 0 radical (unpaired) electrons. The first kappa shape index (κ1) is 16.8. The molecule has 1 saturated carbocycles. The van der Waals surface area contributed by atoms with Crippen molar-refractivity contribution in [1.29, 1.82) is 5.26 Å². The van der Waals surface area contributed by atoms with Crippen molar-refractivity contribution in [3.63, 3.8) is 0 Å². The molecular weight excluding hydrogens is 316 g/mol. The molecular formula is C24H24N2. The molecule has 0 heterocycles. The van der Waals surface area contributed by atoms with Crippen LogP contribution in [0, 0.1) is 11.3 Å². The quantitative estimate of drug-likeness (QED) is 0.651. The summed E-state index contributed by atoms with van der Waals surface area (Å²) in [6, 6.07) is 24.0. The van der Waals surface area contributed by atoms with Gasteiger partial charge in [-0.15, -0.1) is 0 Å². The molecule has 1 fully saturated rings. The smallest absolute Gasteiger partial charge is 0.0998 e. The Hall–Kier alpha value is -2.63. The molecule has 0 aliphatic heterocycles. The van der Waals surface area contributed by atoms with Gasteiger partial charge in [-0.05, 0) is 46.9 Å². The molecule has 2 heteroatoms. The van der Waals surface area contributed by atoms with Gasteiger partial charge < -0.3 is 5.32 Å². The fraction of sp³-hybridized carbons (Fsp3) is 0.292. The number of nitriles is 1. The second-order valence-electron chi connectivity index (χ2n) is 7.23. The van der Waals surface area contributed by atoms with E-state index in [-0.39, 0.29) is 0 Å². The maximum Gasteiger partial charge on any atom is 0.0998 e. The van der Waals surface area contributed by atoms with Crippen molar-refractivity contribution in [2.24, 2.45) is 0 Å². The van der Waals surface area contributed by atoms with Crippen LogP contribution in [0.2, 0.25) is 0 Å².